The molecule has 0 spiro atoms. The minimum Gasteiger partial charge on any atom is -0.340 e. The van der Waals surface area contributed by atoms with E-state index in [0.717, 1.165) is 32.6 Å². The summed E-state index contributed by atoms with van der Waals surface area (Å²) in [6.07, 6.45) is 1.51. The normalized spacial score (nSPS) is 20.7. The van der Waals surface area contributed by atoms with Crippen LogP contribution in [0.4, 0.5) is 4.39 Å². The minimum atomic E-state index is -0.516. The average Bonchev–Trinajstić information content (AvgIpc) is 3.12. The molecule has 4 rings (SSSR count). The molecule has 6 nitrogen and oxygen atoms in total. The van der Waals surface area contributed by atoms with Crippen molar-refractivity contribution >= 4 is 11.8 Å². The summed E-state index contributed by atoms with van der Waals surface area (Å²) in [5.74, 6) is -0.111. The van der Waals surface area contributed by atoms with E-state index in [1.807, 2.05) is 4.90 Å². The number of amides is 2. The average molecular weight is 495 g/mol. The number of carbonyl (C=O) groups excluding carboxylic acids is 2. The van der Waals surface area contributed by atoms with Crippen LogP contribution in [0.1, 0.15) is 48.2 Å². The number of halogens is 1. The van der Waals surface area contributed by atoms with Crippen molar-refractivity contribution in [3.05, 3.63) is 71.0 Å². The van der Waals surface area contributed by atoms with Gasteiger partial charge in [0.05, 0.1) is 0 Å². The summed E-state index contributed by atoms with van der Waals surface area (Å²) in [5, 5.41) is 3.35. The molecule has 0 aliphatic carbocycles. The molecule has 2 saturated heterocycles. The predicted molar refractivity (Wildman–Crippen MR) is 140 cm³/mol. The molecule has 0 aromatic heterocycles. The Morgan fingerprint density at radius 3 is 2.56 bits per heavy atom. The zero-order chi connectivity index (χ0) is 25.7. The molecule has 0 bridgehead atoms. The topological polar surface area (TPSA) is 55.9 Å². The van der Waals surface area contributed by atoms with Gasteiger partial charge in [0.25, 0.3) is 5.91 Å². The van der Waals surface area contributed by atoms with Crippen molar-refractivity contribution < 1.29 is 14.0 Å². The molecule has 2 aliphatic rings. The van der Waals surface area contributed by atoms with Crippen LogP contribution in [0.25, 0.3) is 0 Å². The van der Waals surface area contributed by atoms with E-state index in [1.165, 1.54) is 35.4 Å². The molecule has 2 fully saturated rings. The lowest BCUT2D eigenvalue weighted by Crippen LogP contribution is -2.48. The molecule has 0 radical (unpaired) electrons. The van der Waals surface area contributed by atoms with Crippen molar-refractivity contribution in [3.63, 3.8) is 0 Å². The largest absolute Gasteiger partial charge is 0.340 e. The van der Waals surface area contributed by atoms with Gasteiger partial charge in [-0.05, 0) is 67.6 Å². The number of carbonyl (C=O) groups is 2. The van der Waals surface area contributed by atoms with Crippen LogP contribution < -0.4 is 5.32 Å². The second kappa shape index (κ2) is 12.0. The van der Waals surface area contributed by atoms with Gasteiger partial charge in [-0.25, -0.2) is 4.39 Å². The maximum atomic E-state index is 13.8. The van der Waals surface area contributed by atoms with Crippen LogP contribution in [-0.4, -0.2) is 77.9 Å². The van der Waals surface area contributed by atoms with Crippen LogP contribution in [0.3, 0.4) is 0 Å². The van der Waals surface area contributed by atoms with Gasteiger partial charge in [-0.2, -0.15) is 0 Å². The number of nitrogens with zero attached hydrogens (tertiary/aromatic N) is 3. The third-order valence-corrected chi connectivity index (χ3v) is 7.32. The van der Waals surface area contributed by atoms with E-state index in [4.69, 9.17) is 0 Å². The first-order valence-electron chi connectivity index (χ1n) is 13.2. The molecule has 2 unspecified atom stereocenters. The van der Waals surface area contributed by atoms with Gasteiger partial charge in [0.2, 0.25) is 5.91 Å². The van der Waals surface area contributed by atoms with Crippen LogP contribution >= 0.6 is 0 Å². The standard InChI is InChI=1S/C29H39FN4O2/c1-21(2)18-33(19-24-8-5-4-7-22(24)3)26-17-27(29(36)32-15-6-13-31-14-16-32)34(20-26)28(35)23-9-11-25(30)12-10-23/h4-5,7-12,21,26-27,31H,6,13-20H2,1-3H3. The summed E-state index contributed by atoms with van der Waals surface area (Å²) in [6.45, 7) is 11.7. The third kappa shape index (κ3) is 6.31. The van der Waals surface area contributed by atoms with Gasteiger partial charge in [0.1, 0.15) is 11.9 Å². The monoisotopic (exact) mass is 494 g/mol. The lowest BCUT2D eigenvalue weighted by Gasteiger charge is -2.31. The highest BCUT2D eigenvalue weighted by Gasteiger charge is 2.43. The molecule has 2 aliphatic heterocycles. The number of likely N-dealkylation sites (tertiary alicyclic amines) is 1. The van der Waals surface area contributed by atoms with E-state index in [-0.39, 0.29) is 23.7 Å². The highest BCUT2D eigenvalue weighted by molar-refractivity contribution is 5.98. The van der Waals surface area contributed by atoms with Gasteiger partial charge in [0, 0.05) is 50.9 Å². The minimum absolute atomic E-state index is 0.0250. The number of rotatable bonds is 7. The van der Waals surface area contributed by atoms with Crippen LogP contribution in [0.5, 0.6) is 0 Å². The van der Waals surface area contributed by atoms with E-state index < -0.39 is 6.04 Å². The van der Waals surface area contributed by atoms with Crippen molar-refractivity contribution in [1.82, 2.24) is 20.0 Å². The van der Waals surface area contributed by atoms with Gasteiger partial charge in [-0.3, -0.25) is 14.5 Å². The highest BCUT2D eigenvalue weighted by Crippen LogP contribution is 2.28. The smallest absolute Gasteiger partial charge is 0.254 e. The van der Waals surface area contributed by atoms with E-state index in [9.17, 15) is 14.0 Å². The molecule has 2 aromatic carbocycles. The van der Waals surface area contributed by atoms with Crippen LogP contribution in [-0.2, 0) is 11.3 Å². The van der Waals surface area contributed by atoms with Gasteiger partial charge in [-0.1, -0.05) is 38.1 Å². The van der Waals surface area contributed by atoms with Gasteiger partial charge in [-0.15, -0.1) is 0 Å². The van der Waals surface area contributed by atoms with Crippen LogP contribution in [0.15, 0.2) is 48.5 Å². The second-order valence-corrected chi connectivity index (χ2v) is 10.5. The Labute approximate surface area is 214 Å². The molecule has 7 heteroatoms. The van der Waals surface area contributed by atoms with Crippen molar-refractivity contribution in [2.24, 2.45) is 5.92 Å². The van der Waals surface area contributed by atoms with E-state index >= 15 is 0 Å². The second-order valence-electron chi connectivity index (χ2n) is 10.5. The Hall–Kier alpha value is -2.77. The summed E-state index contributed by atoms with van der Waals surface area (Å²) < 4.78 is 13.5. The highest BCUT2D eigenvalue weighted by atomic mass is 19.1. The molecule has 36 heavy (non-hydrogen) atoms. The van der Waals surface area contributed by atoms with E-state index in [1.54, 1.807) is 4.90 Å². The van der Waals surface area contributed by atoms with Crippen molar-refractivity contribution in [2.45, 2.75) is 52.2 Å². The van der Waals surface area contributed by atoms with Gasteiger partial charge in [0.15, 0.2) is 0 Å². The number of nitrogens with one attached hydrogen (secondary N) is 1. The Morgan fingerprint density at radius 1 is 1.08 bits per heavy atom. The lowest BCUT2D eigenvalue weighted by atomic mass is 10.0. The summed E-state index contributed by atoms with van der Waals surface area (Å²) in [7, 11) is 0. The Morgan fingerprint density at radius 2 is 1.83 bits per heavy atom. The fraction of sp³-hybridized carbons (Fsp3) is 0.517. The number of benzene rings is 2. The molecule has 2 aromatic rings. The SMILES string of the molecule is Cc1ccccc1CN(CC(C)C)C1CC(C(=O)N2CCCNCC2)N(C(=O)c2ccc(F)cc2)C1. The quantitative estimate of drug-likeness (QED) is 0.638. The Balaban J connectivity index is 1.62. The Bertz CT molecular complexity index is 1030. The first-order valence-corrected chi connectivity index (χ1v) is 13.2. The van der Waals surface area contributed by atoms with Crippen LogP contribution in [0.2, 0.25) is 0 Å². The molecule has 2 amide bonds. The zero-order valence-corrected chi connectivity index (χ0v) is 21.8. The third-order valence-electron chi connectivity index (χ3n) is 7.32. The van der Waals surface area contributed by atoms with E-state index in [2.05, 4.69) is 55.3 Å². The molecule has 0 saturated carbocycles. The summed E-state index contributed by atoms with van der Waals surface area (Å²) in [4.78, 5) is 33.5. The number of aryl methyl sites for hydroxylation is 1. The summed E-state index contributed by atoms with van der Waals surface area (Å²) >= 11 is 0. The molecular weight excluding hydrogens is 455 g/mol. The first kappa shape index (κ1) is 26.3. The molecule has 194 valence electrons. The summed E-state index contributed by atoms with van der Waals surface area (Å²) in [6, 6.07) is 13.6. The first-order chi connectivity index (χ1) is 17.3. The van der Waals surface area contributed by atoms with Crippen molar-refractivity contribution in [3.8, 4) is 0 Å². The van der Waals surface area contributed by atoms with Crippen LogP contribution in [0, 0.1) is 18.7 Å². The lowest BCUT2D eigenvalue weighted by molar-refractivity contribution is -0.135. The molecular formula is C29H39FN4O2. The molecule has 1 N–H and O–H groups in total. The van der Waals surface area contributed by atoms with Gasteiger partial charge >= 0.3 is 0 Å². The fourth-order valence-electron chi connectivity index (χ4n) is 5.39. The molecule has 2 atom stereocenters. The van der Waals surface area contributed by atoms with Gasteiger partial charge < -0.3 is 15.1 Å². The maximum absolute atomic E-state index is 13.8. The number of hydrogen-bond donors (Lipinski definition) is 1. The molecule has 2 heterocycles. The predicted octanol–water partition coefficient (Wildman–Crippen LogP) is 3.70. The summed E-state index contributed by atoms with van der Waals surface area (Å²) in [5.41, 5.74) is 2.93. The Kier molecular flexibility index (Phi) is 8.75. The fourth-order valence-corrected chi connectivity index (χ4v) is 5.39. The number of hydrogen-bond acceptors (Lipinski definition) is 4. The van der Waals surface area contributed by atoms with E-state index in [0.29, 0.717) is 37.5 Å². The maximum Gasteiger partial charge on any atom is 0.254 e. The zero-order valence-electron chi connectivity index (χ0n) is 21.8. The van der Waals surface area contributed by atoms with Crippen molar-refractivity contribution in [1.29, 1.82) is 0 Å². The van der Waals surface area contributed by atoms with Crippen molar-refractivity contribution in [2.75, 3.05) is 39.3 Å².